The predicted molar refractivity (Wildman–Crippen MR) is 122 cm³/mol. The topological polar surface area (TPSA) is 80.1 Å². The van der Waals surface area contributed by atoms with Crippen molar-refractivity contribution in [3.63, 3.8) is 0 Å². The number of likely N-dealkylation sites (tertiary alicyclic amines) is 1. The Labute approximate surface area is 185 Å². The first-order chi connectivity index (χ1) is 15.0. The average molecular weight is 436 g/mol. The summed E-state index contributed by atoms with van der Waals surface area (Å²) in [6, 6.07) is 15.0. The van der Waals surface area contributed by atoms with Gasteiger partial charge in [0.1, 0.15) is 0 Å². The van der Waals surface area contributed by atoms with E-state index in [9.17, 15) is 9.59 Å². The molecule has 160 valence electrons. The van der Waals surface area contributed by atoms with E-state index in [1.54, 1.807) is 0 Å². The number of rotatable bonds is 6. The van der Waals surface area contributed by atoms with Gasteiger partial charge in [-0.25, -0.2) is 0 Å². The Kier molecular flexibility index (Phi) is 6.36. The highest BCUT2D eigenvalue weighted by Gasteiger charge is 2.20. The third-order valence-electron chi connectivity index (χ3n) is 5.39. The zero-order chi connectivity index (χ0) is 21.8. The number of hydrogen-bond donors (Lipinski definition) is 1. The highest BCUT2D eigenvalue weighted by molar-refractivity contribution is 7.99. The molecule has 0 spiro atoms. The molecule has 1 aliphatic rings. The number of anilines is 1. The summed E-state index contributed by atoms with van der Waals surface area (Å²) >= 11 is 1.40. The minimum absolute atomic E-state index is 0.146. The molecule has 1 N–H and O–H groups in total. The number of carbonyl (C=O) groups excluding carboxylic acids is 2. The van der Waals surface area contributed by atoms with Crippen molar-refractivity contribution in [2.45, 2.75) is 24.9 Å². The van der Waals surface area contributed by atoms with Gasteiger partial charge < -0.3 is 14.8 Å². The second-order valence-electron chi connectivity index (χ2n) is 7.59. The van der Waals surface area contributed by atoms with Crippen molar-refractivity contribution >= 4 is 29.3 Å². The van der Waals surface area contributed by atoms with Crippen LogP contribution in [-0.4, -0.2) is 50.3 Å². The number of hydrogen-bond acceptors (Lipinski definition) is 5. The van der Waals surface area contributed by atoms with Crippen LogP contribution in [0.3, 0.4) is 0 Å². The van der Waals surface area contributed by atoms with Gasteiger partial charge in [-0.15, -0.1) is 10.2 Å². The summed E-state index contributed by atoms with van der Waals surface area (Å²) < 4.78 is 1.88. The first-order valence-corrected chi connectivity index (χ1v) is 11.3. The number of amides is 2. The summed E-state index contributed by atoms with van der Waals surface area (Å²) in [4.78, 5) is 26.8. The molecule has 1 saturated heterocycles. The summed E-state index contributed by atoms with van der Waals surface area (Å²) in [7, 11) is 1.89. The first-order valence-electron chi connectivity index (χ1n) is 10.3. The molecule has 2 amide bonds. The molecule has 0 radical (unpaired) electrons. The maximum Gasteiger partial charge on any atom is 0.255 e. The lowest BCUT2D eigenvalue weighted by atomic mass is 10.1. The fraction of sp³-hybridized carbons (Fsp3) is 0.304. The van der Waals surface area contributed by atoms with Crippen LogP contribution < -0.4 is 5.32 Å². The van der Waals surface area contributed by atoms with Crippen LogP contribution in [0.1, 0.15) is 28.8 Å². The zero-order valence-electron chi connectivity index (χ0n) is 17.7. The summed E-state index contributed by atoms with van der Waals surface area (Å²) in [5, 5.41) is 12.2. The van der Waals surface area contributed by atoms with Gasteiger partial charge in [-0.3, -0.25) is 9.59 Å². The van der Waals surface area contributed by atoms with E-state index >= 15 is 0 Å². The third kappa shape index (κ3) is 4.80. The average Bonchev–Trinajstić information content (AvgIpc) is 3.43. The third-order valence-corrected chi connectivity index (χ3v) is 6.39. The maximum absolute atomic E-state index is 12.6. The Morgan fingerprint density at radius 1 is 1.06 bits per heavy atom. The van der Waals surface area contributed by atoms with E-state index in [2.05, 4.69) is 15.5 Å². The van der Waals surface area contributed by atoms with Gasteiger partial charge >= 0.3 is 0 Å². The molecule has 1 fully saturated rings. The van der Waals surface area contributed by atoms with Crippen LogP contribution in [0.2, 0.25) is 0 Å². The van der Waals surface area contributed by atoms with Crippen LogP contribution in [0, 0.1) is 6.92 Å². The van der Waals surface area contributed by atoms with Gasteiger partial charge in [0.05, 0.1) is 5.75 Å². The monoisotopic (exact) mass is 435 g/mol. The number of aryl methyl sites for hydroxylation is 1. The molecule has 0 atom stereocenters. The highest BCUT2D eigenvalue weighted by Crippen LogP contribution is 2.25. The van der Waals surface area contributed by atoms with E-state index in [4.69, 9.17) is 0 Å². The van der Waals surface area contributed by atoms with Crippen LogP contribution in [0.5, 0.6) is 0 Å². The van der Waals surface area contributed by atoms with Crippen molar-refractivity contribution in [1.29, 1.82) is 0 Å². The summed E-state index contributed by atoms with van der Waals surface area (Å²) in [5.74, 6) is 1.04. The largest absolute Gasteiger partial charge is 0.342 e. The van der Waals surface area contributed by atoms with Crippen LogP contribution in [0.25, 0.3) is 11.4 Å². The molecule has 31 heavy (non-hydrogen) atoms. The summed E-state index contributed by atoms with van der Waals surface area (Å²) in [6.07, 6.45) is 2.17. The standard InChI is InChI=1S/C23H25N5O2S/c1-16-8-3-4-11-19(16)22(30)24-18-10-7-9-17(14-18)21-25-26-23(27(21)2)31-15-20(29)28-12-5-6-13-28/h3-4,7-11,14H,5-6,12-13,15H2,1-2H3,(H,24,30). The smallest absolute Gasteiger partial charge is 0.255 e. The van der Waals surface area contributed by atoms with E-state index in [0.717, 1.165) is 37.1 Å². The van der Waals surface area contributed by atoms with Crippen molar-refractivity contribution in [2.24, 2.45) is 7.05 Å². The van der Waals surface area contributed by atoms with Gasteiger partial charge in [-0.2, -0.15) is 0 Å². The first kappa shape index (κ1) is 21.1. The molecule has 2 aromatic carbocycles. The molecule has 0 unspecified atom stereocenters. The van der Waals surface area contributed by atoms with E-state index in [-0.39, 0.29) is 11.8 Å². The van der Waals surface area contributed by atoms with Crippen molar-refractivity contribution < 1.29 is 9.59 Å². The molecule has 4 rings (SSSR count). The molecule has 1 aromatic heterocycles. The molecule has 0 bridgehead atoms. The predicted octanol–water partition coefficient (Wildman–Crippen LogP) is 3.76. The van der Waals surface area contributed by atoms with Crippen LogP contribution >= 0.6 is 11.8 Å². The molecule has 0 saturated carbocycles. The lowest BCUT2D eigenvalue weighted by Gasteiger charge is -2.14. The summed E-state index contributed by atoms with van der Waals surface area (Å²) in [6.45, 7) is 3.62. The lowest BCUT2D eigenvalue weighted by Crippen LogP contribution is -2.29. The van der Waals surface area contributed by atoms with Gasteiger partial charge in [0.25, 0.3) is 5.91 Å². The van der Waals surface area contributed by atoms with Gasteiger partial charge in [0.2, 0.25) is 5.91 Å². The fourth-order valence-electron chi connectivity index (χ4n) is 3.64. The number of aromatic nitrogens is 3. The molecule has 0 aliphatic carbocycles. The van der Waals surface area contributed by atoms with Crippen molar-refractivity contribution in [3.8, 4) is 11.4 Å². The molecular formula is C23H25N5O2S. The van der Waals surface area contributed by atoms with Gasteiger partial charge in [-0.05, 0) is 43.5 Å². The van der Waals surface area contributed by atoms with E-state index < -0.39 is 0 Å². The highest BCUT2D eigenvalue weighted by atomic mass is 32.2. The SMILES string of the molecule is Cc1ccccc1C(=O)Nc1cccc(-c2nnc(SCC(=O)N3CCCC3)n2C)c1. The quantitative estimate of drug-likeness (QED) is 0.597. The van der Waals surface area contributed by atoms with Gasteiger partial charge in [0, 0.05) is 37.0 Å². The minimum atomic E-state index is -0.148. The van der Waals surface area contributed by atoms with Gasteiger partial charge in [0.15, 0.2) is 11.0 Å². The van der Waals surface area contributed by atoms with Crippen molar-refractivity contribution in [2.75, 3.05) is 24.2 Å². The van der Waals surface area contributed by atoms with Crippen molar-refractivity contribution in [1.82, 2.24) is 19.7 Å². The van der Waals surface area contributed by atoms with Crippen LogP contribution in [-0.2, 0) is 11.8 Å². The Morgan fingerprint density at radius 3 is 2.61 bits per heavy atom. The Morgan fingerprint density at radius 2 is 1.84 bits per heavy atom. The molecule has 3 aromatic rings. The van der Waals surface area contributed by atoms with E-state index in [1.807, 2.05) is 72.0 Å². The molecule has 2 heterocycles. The van der Waals surface area contributed by atoms with Crippen LogP contribution in [0.15, 0.2) is 53.7 Å². The number of benzene rings is 2. The molecular weight excluding hydrogens is 410 g/mol. The van der Waals surface area contributed by atoms with E-state index in [1.165, 1.54) is 11.8 Å². The van der Waals surface area contributed by atoms with E-state index in [0.29, 0.717) is 28.0 Å². The zero-order valence-corrected chi connectivity index (χ0v) is 18.5. The van der Waals surface area contributed by atoms with Crippen LogP contribution in [0.4, 0.5) is 5.69 Å². The number of nitrogens with one attached hydrogen (secondary N) is 1. The minimum Gasteiger partial charge on any atom is -0.342 e. The number of thioether (sulfide) groups is 1. The molecule has 7 nitrogen and oxygen atoms in total. The Bertz CT molecular complexity index is 1100. The summed E-state index contributed by atoms with van der Waals surface area (Å²) in [5.41, 5.74) is 3.10. The second kappa shape index (κ2) is 9.34. The Balaban J connectivity index is 1.46. The lowest BCUT2D eigenvalue weighted by molar-refractivity contribution is -0.127. The van der Waals surface area contributed by atoms with Gasteiger partial charge in [-0.1, -0.05) is 42.1 Å². The maximum atomic E-state index is 12.6. The molecule has 1 aliphatic heterocycles. The number of carbonyl (C=O) groups is 2. The Hall–Kier alpha value is -3.13. The number of nitrogens with zero attached hydrogens (tertiary/aromatic N) is 4. The second-order valence-corrected chi connectivity index (χ2v) is 8.53. The normalized spacial score (nSPS) is 13.4. The fourth-order valence-corrected chi connectivity index (χ4v) is 4.45. The molecule has 8 heteroatoms. The van der Waals surface area contributed by atoms with Crippen molar-refractivity contribution in [3.05, 3.63) is 59.7 Å².